The Morgan fingerprint density at radius 2 is 2.22 bits per heavy atom. The summed E-state index contributed by atoms with van der Waals surface area (Å²) in [5.74, 6) is -0.272. The standard InChI is InChI=1S/C17H24N2O4/c1-4-5-8-23-16(20)10-15-14-9-13(19(21)22)7-6-12(14)11-17(2,3)18-15/h6-7,9,15,18H,4-5,8,10-11H2,1-3H3. The van der Waals surface area contributed by atoms with E-state index >= 15 is 0 Å². The smallest absolute Gasteiger partial charge is 0.307 e. The van der Waals surface area contributed by atoms with Crippen molar-refractivity contribution in [2.75, 3.05) is 6.61 Å². The molecule has 0 fully saturated rings. The van der Waals surface area contributed by atoms with Crippen LogP contribution in [0.1, 0.15) is 57.2 Å². The van der Waals surface area contributed by atoms with E-state index in [0.717, 1.165) is 30.4 Å². The van der Waals surface area contributed by atoms with E-state index in [4.69, 9.17) is 4.74 Å². The molecular weight excluding hydrogens is 296 g/mol. The summed E-state index contributed by atoms with van der Waals surface area (Å²) < 4.78 is 5.23. The van der Waals surface area contributed by atoms with Crippen LogP contribution in [-0.2, 0) is 16.0 Å². The predicted octanol–water partition coefficient (Wildman–Crippen LogP) is 3.29. The fourth-order valence-corrected chi connectivity index (χ4v) is 2.97. The van der Waals surface area contributed by atoms with Gasteiger partial charge in [0, 0.05) is 23.7 Å². The Balaban J connectivity index is 2.20. The molecule has 0 bridgehead atoms. The van der Waals surface area contributed by atoms with Gasteiger partial charge in [0.25, 0.3) is 5.69 Å². The van der Waals surface area contributed by atoms with Gasteiger partial charge in [-0.3, -0.25) is 14.9 Å². The van der Waals surface area contributed by atoms with Gasteiger partial charge >= 0.3 is 5.97 Å². The molecule has 126 valence electrons. The van der Waals surface area contributed by atoms with Crippen molar-refractivity contribution in [3.8, 4) is 0 Å². The van der Waals surface area contributed by atoms with Crippen LogP contribution in [0.2, 0.25) is 0 Å². The van der Waals surface area contributed by atoms with Crippen LogP contribution in [0.25, 0.3) is 0 Å². The van der Waals surface area contributed by atoms with E-state index in [1.54, 1.807) is 12.1 Å². The molecule has 6 nitrogen and oxygen atoms in total. The van der Waals surface area contributed by atoms with Crippen molar-refractivity contribution in [2.24, 2.45) is 0 Å². The lowest BCUT2D eigenvalue weighted by atomic mass is 9.82. The first-order chi connectivity index (χ1) is 10.8. The van der Waals surface area contributed by atoms with Crippen molar-refractivity contribution < 1.29 is 14.5 Å². The minimum Gasteiger partial charge on any atom is -0.466 e. The molecule has 23 heavy (non-hydrogen) atoms. The second kappa shape index (κ2) is 7.08. The number of carbonyl (C=O) groups excluding carboxylic acids is 1. The maximum absolute atomic E-state index is 12.0. The zero-order valence-corrected chi connectivity index (χ0v) is 13.9. The highest BCUT2D eigenvalue weighted by atomic mass is 16.6. The molecule has 1 aromatic rings. The van der Waals surface area contributed by atoms with E-state index in [1.165, 1.54) is 6.07 Å². The van der Waals surface area contributed by atoms with Crippen LogP contribution in [0.3, 0.4) is 0 Å². The van der Waals surface area contributed by atoms with Crippen molar-refractivity contribution in [1.82, 2.24) is 5.32 Å². The van der Waals surface area contributed by atoms with E-state index in [0.29, 0.717) is 6.61 Å². The first-order valence-electron chi connectivity index (χ1n) is 8.03. The van der Waals surface area contributed by atoms with E-state index in [1.807, 2.05) is 6.92 Å². The number of rotatable bonds is 6. The molecule has 0 saturated carbocycles. The number of nitro benzene ring substituents is 1. The average Bonchev–Trinajstić information content (AvgIpc) is 2.45. The Labute approximate surface area is 136 Å². The van der Waals surface area contributed by atoms with Gasteiger partial charge in [-0.25, -0.2) is 0 Å². The molecule has 1 aromatic carbocycles. The minimum atomic E-state index is -0.406. The van der Waals surface area contributed by atoms with Gasteiger partial charge in [-0.05, 0) is 37.8 Å². The fraction of sp³-hybridized carbons (Fsp3) is 0.588. The highest BCUT2D eigenvalue weighted by molar-refractivity contribution is 5.71. The number of carbonyl (C=O) groups is 1. The number of hydrogen-bond acceptors (Lipinski definition) is 5. The van der Waals surface area contributed by atoms with E-state index < -0.39 is 4.92 Å². The summed E-state index contributed by atoms with van der Waals surface area (Å²) in [6, 6.07) is 4.63. The summed E-state index contributed by atoms with van der Waals surface area (Å²) >= 11 is 0. The lowest BCUT2D eigenvalue weighted by Crippen LogP contribution is -2.48. The highest BCUT2D eigenvalue weighted by Crippen LogP contribution is 2.34. The summed E-state index contributed by atoms with van der Waals surface area (Å²) in [6.07, 6.45) is 2.76. The van der Waals surface area contributed by atoms with Gasteiger partial charge in [-0.15, -0.1) is 0 Å². The molecule has 1 aliphatic heterocycles. The number of unbranched alkanes of at least 4 members (excludes halogenated alkanes) is 1. The largest absolute Gasteiger partial charge is 0.466 e. The number of nitro groups is 1. The normalized spacial score (nSPS) is 19.0. The average molecular weight is 320 g/mol. The Kier molecular flexibility index (Phi) is 5.36. The Morgan fingerprint density at radius 3 is 2.87 bits per heavy atom. The number of nitrogens with one attached hydrogen (secondary N) is 1. The van der Waals surface area contributed by atoms with E-state index in [-0.39, 0.29) is 29.7 Å². The molecule has 1 atom stereocenters. The highest BCUT2D eigenvalue weighted by Gasteiger charge is 2.33. The van der Waals surface area contributed by atoms with Crippen molar-refractivity contribution in [3.63, 3.8) is 0 Å². The third kappa shape index (κ3) is 4.51. The van der Waals surface area contributed by atoms with Crippen LogP contribution in [0.4, 0.5) is 5.69 Å². The number of benzene rings is 1. The second-order valence-corrected chi connectivity index (χ2v) is 6.68. The molecule has 0 spiro atoms. The Hall–Kier alpha value is -1.95. The molecule has 1 aliphatic rings. The van der Waals surface area contributed by atoms with Gasteiger partial charge in [0.2, 0.25) is 0 Å². The van der Waals surface area contributed by atoms with Crippen LogP contribution in [0, 0.1) is 10.1 Å². The zero-order valence-electron chi connectivity index (χ0n) is 13.9. The number of non-ortho nitro benzene ring substituents is 1. The number of fused-ring (bicyclic) bond motifs is 1. The van der Waals surface area contributed by atoms with Gasteiger partial charge < -0.3 is 10.1 Å². The first kappa shape index (κ1) is 17.4. The van der Waals surface area contributed by atoms with Crippen molar-refractivity contribution >= 4 is 11.7 Å². The number of nitrogens with zero attached hydrogens (tertiary/aromatic N) is 1. The Morgan fingerprint density at radius 1 is 1.48 bits per heavy atom. The molecular formula is C17H24N2O4. The molecule has 0 aliphatic carbocycles. The maximum atomic E-state index is 12.0. The third-order valence-electron chi connectivity index (χ3n) is 4.04. The SMILES string of the molecule is CCCCOC(=O)CC1NC(C)(C)Cc2ccc([N+](=O)[O-])cc21. The number of hydrogen-bond donors (Lipinski definition) is 1. The van der Waals surface area contributed by atoms with Crippen LogP contribution in [0.15, 0.2) is 18.2 Å². The summed E-state index contributed by atoms with van der Waals surface area (Å²) in [4.78, 5) is 22.6. The molecule has 6 heteroatoms. The van der Waals surface area contributed by atoms with Gasteiger partial charge in [-0.2, -0.15) is 0 Å². The molecule has 0 saturated heterocycles. The summed E-state index contributed by atoms with van der Waals surface area (Å²) in [6.45, 7) is 6.58. The molecule has 0 radical (unpaired) electrons. The molecule has 0 amide bonds. The van der Waals surface area contributed by atoms with Gasteiger partial charge in [0.15, 0.2) is 0 Å². The number of esters is 1. The van der Waals surface area contributed by atoms with Crippen LogP contribution < -0.4 is 5.32 Å². The van der Waals surface area contributed by atoms with Gasteiger partial charge in [0.1, 0.15) is 0 Å². The molecule has 1 N–H and O–H groups in total. The predicted molar refractivity (Wildman–Crippen MR) is 87.2 cm³/mol. The van der Waals surface area contributed by atoms with Crippen molar-refractivity contribution in [3.05, 3.63) is 39.4 Å². The Bertz CT molecular complexity index is 598. The third-order valence-corrected chi connectivity index (χ3v) is 4.04. The quantitative estimate of drug-likeness (QED) is 0.376. The van der Waals surface area contributed by atoms with Crippen molar-refractivity contribution in [1.29, 1.82) is 0 Å². The van der Waals surface area contributed by atoms with Crippen LogP contribution in [-0.4, -0.2) is 23.0 Å². The minimum absolute atomic E-state index is 0.0506. The fourth-order valence-electron chi connectivity index (χ4n) is 2.97. The van der Waals surface area contributed by atoms with Gasteiger partial charge in [-0.1, -0.05) is 19.4 Å². The number of ether oxygens (including phenoxy) is 1. The van der Waals surface area contributed by atoms with Gasteiger partial charge in [0.05, 0.1) is 18.0 Å². The van der Waals surface area contributed by atoms with Crippen molar-refractivity contribution in [2.45, 2.75) is 58.0 Å². The molecule has 0 aromatic heterocycles. The molecule has 1 unspecified atom stereocenters. The topological polar surface area (TPSA) is 81.5 Å². The molecule has 2 rings (SSSR count). The van der Waals surface area contributed by atoms with Crippen LogP contribution in [0.5, 0.6) is 0 Å². The first-order valence-corrected chi connectivity index (χ1v) is 8.03. The summed E-state index contributed by atoms with van der Waals surface area (Å²) in [5.41, 5.74) is 1.75. The monoisotopic (exact) mass is 320 g/mol. The van der Waals surface area contributed by atoms with E-state index in [2.05, 4.69) is 19.2 Å². The lowest BCUT2D eigenvalue weighted by molar-refractivity contribution is -0.385. The lowest BCUT2D eigenvalue weighted by Gasteiger charge is -2.38. The molecule has 1 heterocycles. The maximum Gasteiger partial charge on any atom is 0.307 e. The van der Waals surface area contributed by atoms with E-state index in [9.17, 15) is 14.9 Å². The summed E-state index contributed by atoms with van der Waals surface area (Å²) in [5, 5.41) is 14.4. The van der Waals surface area contributed by atoms with Crippen LogP contribution >= 0.6 is 0 Å². The zero-order chi connectivity index (χ0) is 17.0. The second-order valence-electron chi connectivity index (χ2n) is 6.68. The summed E-state index contributed by atoms with van der Waals surface area (Å²) in [7, 11) is 0.